The maximum Gasteiger partial charge on any atom is 0.292 e. The number of hydrogen-bond donors (Lipinski definition) is 1. The van der Waals surface area contributed by atoms with Crippen LogP contribution in [0, 0.1) is 6.92 Å². The van der Waals surface area contributed by atoms with Gasteiger partial charge in [0.15, 0.2) is 11.6 Å². The summed E-state index contributed by atoms with van der Waals surface area (Å²) in [4.78, 5) is 12.6. The molecule has 0 aliphatic heterocycles. The fourth-order valence-corrected chi connectivity index (χ4v) is 3.73. The number of hydrogen-bond acceptors (Lipinski definition) is 4. The molecule has 0 saturated heterocycles. The summed E-state index contributed by atoms with van der Waals surface area (Å²) in [5.41, 5.74) is 1.60. The third kappa shape index (κ3) is 5.27. The maximum absolute atomic E-state index is 12.6. The molecule has 4 aromatic rings. The molecule has 6 nitrogen and oxygen atoms in total. The van der Waals surface area contributed by atoms with Gasteiger partial charge in [-0.1, -0.05) is 46.9 Å². The van der Waals surface area contributed by atoms with Crippen LogP contribution in [0.15, 0.2) is 65.1 Å². The minimum Gasteiger partial charge on any atom is -0.486 e. The fourth-order valence-electron chi connectivity index (χ4n) is 3.03. The Hall–Kier alpha value is -2.93. The van der Waals surface area contributed by atoms with E-state index in [9.17, 15) is 4.79 Å². The Morgan fingerprint density at radius 3 is 2.56 bits per heavy atom. The highest BCUT2D eigenvalue weighted by Crippen LogP contribution is 2.26. The molecule has 2 heterocycles. The van der Waals surface area contributed by atoms with Gasteiger partial charge < -0.3 is 14.5 Å². The van der Waals surface area contributed by atoms with Gasteiger partial charge in [0.2, 0.25) is 0 Å². The van der Waals surface area contributed by atoms with Gasteiger partial charge in [0.25, 0.3) is 5.91 Å². The van der Waals surface area contributed by atoms with E-state index in [1.54, 1.807) is 65.3 Å². The number of aromatic nitrogens is 2. The molecule has 9 heteroatoms. The molecule has 0 saturated carbocycles. The van der Waals surface area contributed by atoms with Crippen LogP contribution in [0.5, 0.6) is 5.75 Å². The predicted octanol–water partition coefficient (Wildman–Crippen LogP) is 6.62. The molecule has 0 fully saturated rings. The summed E-state index contributed by atoms with van der Waals surface area (Å²) >= 11 is 18.5. The molecular weight excluding hydrogens is 473 g/mol. The number of benzene rings is 2. The fraction of sp³-hybridized carbons (Fsp3) is 0.130. The molecule has 164 valence electrons. The Morgan fingerprint density at radius 1 is 1.06 bits per heavy atom. The first-order valence-corrected chi connectivity index (χ1v) is 10.8. The van der Waals surface area contributed by atoms with Crippen LogP contribution in [0.4, 0.5) is 5.82 Å². The molecule has 2 aromatic heterocycles. The zero-order valence-corrected chi connectivity index (χ0v) is 19.2. The molecule has 0 aliphatic carbocycles. The van der Waals surface area contributed by atoms with Crippen molar-refractivity contribution in [1.82, 2.24) is 9.78 Å². The molecule has 1 amide bonds. The monoisotopic (exact) mass is 489 g/mol. The highest BCUT2D eigenvalue weighted by atomic mass is 35.5. The molecule has 2 aromatic carbocycles. The van der Waals surface area contributed by atoms with E-state index in [4.69, 9.17) is 44.0 Å². The molecule has 32 heavy (non-hydrogen) atoms. The zero-order valence-electron chi connectivity index (χ0n) is 16.9. The van der Waals surface area contributed by atoms with Crippen LogP contribution >= 0.6 is 34.8 Å². The van der Waals surface area contributed by atoms with Gasteiger partial charge in [0, 0.05) is 32.4 Å². The highest BCUT2D eigenvalue weighted by Gasteiger charge is 2.15. The van der Waals surface area contributed by atoms with Crippen molar-refractivity contribution < 1.29 is 13.9 Å². The highest BCUT2D eigenvalue weighted by molar-refractivity contribution is 6.36. The molecule has 0 radical (unpaired) electrons. The summed E-state index contributed by atoms with van der Waals surface area (Å²) in [5.74, 6) is 1.24. The number of aryl methyl sites for hydroxylation is 1. The van der Waals surface area contributed by atoms with Gasteiger partial charge in [-0.15, -0.1) is 0 Å². The van der Waals surface area contributed by atoms with Crippen molar-refractivity contribution in [2.75, 3.05) is 5.32 Å². The smallest absolute Gasteiger partial charge is 0.292 e. The molecule has 0 unspecified atom stereocenters. The van der Waals surface area contributed by atoms with Gasteiger partial charge in [-0.2, -0.15) is 5.10 Å². The third-order valence-corrected chi connectivity index (χ3v) is 5.60. The molecule has 4 rings (SSSR count). The van der Waals surface area contributed by atoms with Crippen molar-refractivity contribution in [3.63, 3.8) is 0 Å². The van der Waals surface area contributed by atoms with Crippen LogP contribution in [0.1, 0.15) is 27.6 Å². The average molecular weight is 491 g/mol. The number of nitrogens with one attached hydrogen (secondary N) is 1. The minimum absolute atomic E-state index is 0.149. The Bertz CT molecular complexity index is 1250. The van der Waals surface area contributed by atoms with Crippen molar-refractivity contribution in [3.05, 3.63) is 98.5 Å². The first-order valence-electron chi connectivity index (χ1n) is 9.65. The number of rotatable bonds is 7. The molecular formula is C23H18Cl3N3O3. The molecule has 1 N–H and O–H groups in total. The second kappa shape index (κ2) is 9.69. The first-order chi connectivity index (χ1) is 15.4. The van der Waals surface area contributed by atoms with Gasteiger partial charge >= 0.3 is 0 Å². The van der Waals surface area contributed by atoms with E-state index >= 15 is 0 Å². The second-order valence-electron chi connectivity index (χ2n) is 6.99. The Kier molecular flexibility index (Phi) is 6.74. The largest absolute Gasteiger partial charge is 0.486 e. The SMILES string of the molecule is Cc1cc(NC(=O)c2ccc(COc3cccc(Cl)c3)o2)nn1Cc1c(Cl)cccc1Cl. The van der Waals surface area contributed by atoms with Gasteiger partial charge in [-0.25, -0.2) is 0 Å². The van der Waals surface area contributed by atoms with E-state index in [2.05, 4.69) is 10.4 Å². The first kappa shape index (κ1) is 22.3. The van der Waals surface area contributed by atoms with Crippen LogP contribution in [-0.4, -0.2) is 15.7 Å². The number of furan rings is 1. The lowest BCUT2D eigenvalue weighted by molar-refractivity contribution is 0.0992. The number of amides is 1. The summed E-state index contributed by atoms with van der Waals surface area (Å²) in [6, 6.07) is 17.4. The van der Waals surface area contributed by atoms with E-state index in [0.717, 1.165) is 11.3 Å². The van der Waals surface area contributed by atoms with Gasteiger partial charge in [0.1, 0.15) is 18.1 Å². The number of carbonyl (C=O) groups is 1. The number of nitrogens with zero attached hydrogens (tertiary/aromatic N) is 2. The van der Waals surface area contributed by atoms with E-state index in [0.29, 0.717) is 38.9 Å². The van der Waals surface area contributed by atoms with Crippen molar-refractivity contribution in [3.8, 4) is 5.75 Å². The molecule has 0 bridgehead atoms. The summed E-state index contributed by atoms with van der Waals surface area (Å²) in [6.45, 7) is 2.43. The third-order valence-electron chi connectivity index (χ3n) is 4.65. The van der Waals surface area contributed by atoms with E-state index in [1.807, 2.05) is 6.92 Å². The van der Waals surface area contributed by atoms with E-state index in [-0.39, 0.29) is 12.4 Å². The van der Waals surface area contributed by atoms with Crippen molar-refractivity contribution in [1.29, 1.82) is 0 Å². The Morgan fingerprint density at radius 2 is 1.81 bits per heavy atom. The minimum atomic E-state index is -0.417. The second-order valence-corrected chi connectivity index (χ2v) is 8.25. The number of anilines is 1. The Labute approximate surface area is 199 Å². The molecule has 0 spiro atoms. The molecule has 0 aliphatic rings. The summed E-state index contributed by atoms with van der Waals surface area (Å²) in [6.07, 6.45) is 0. The van der Waals surface area contributed by atoms with Crippen molar-refractivity contribution in [2.24, 2.45) is 0 Å². The van der Waals surface area contributed by atoms with Gasteiger partial charge in [0.05, 0.1) is 6.54 Å². The lowest BCUT2D eigenvalue weighted by Gasteiger charge is -2.08. The van der Waals surface area contributed by atoms with Gasteiger partial charge in [-0.3, -0.25) is 9.48 Å². The standard InChI is InChI=1S/C23H18Cl3N3O3/c1-14-10-22(28-29(14)12-18-19(25)6-3-7-20(18)26)27-23(30)21-9-8-17(32-21)13-31-16-5-2-4-15(24)11-16/h2-11H,12-13H2,1H3,(H,27,28,30). The summed E-state index contributed by atoms with van der Waals surface area (Å²) in [7, 11) is 0. The zero-order chi connectivity index (χ0) is 22.7. The quantitative estimate of drug-likeness (QED) is 0.316. The predicted molar refractivity (Wildman–Crippen MR) is 125 cm³/mol. The topological polar surface area (TPSA) is 69.3 Å². The van der Waals surface area contributed by atoms with E-state index < -0.39 is 5.91 Å². The van der Waals surface area contributed by atoms with Crippen molar-refractivity contribution >= 4 is 46.5 Å². The normalized spacial score (nSPS) is 10.9. The number of ether oxygens (including phenoxy) is 1. The van der Waals surface area contributed by atoms with E-state index in [1.165, 1.54) is 0 Å². The van der Waals surface area contributed by atoms with Crippen LogP contribution < -0.4 is 10.1 Å². The van der Waals surface area contributed by atoms with Crippen LogP contribution in [0.2, 0.25) is 15.1 Å². The summed E-state index contributed by atoms with van der Waals surface area (Å²) in [5, 5.41) is 8.86. The van der Waals surface area contributed by atoms with Gasteiger partial charge in [-0.05, 0) is 49.4 Å². The summed E-state index contributed by atoms with van der Waals surface area (Å²) < 4.78 is 12.9. The van der Waals surface area contributed by atoms with Crippen LogP contribution in [0.25, 0.3) is 0 Å². The molecule has 0 atom stereocenters. The Balaban J connectivity index is 1.40. The lowest BCUT2D eigenvalue weighted by atomic mass is 10.2. The van der Waals surface area contributed by atoms with Crippen LogP contribution in [-0.2, 0) is 13.2 Å². The number of carbonyl (C=O) groups excluding carboxylic acids is 1. The lowest BCUT2D eigenvalue weighted by Crippen LogP contribution is -2.12. The average Bonchev–Trinajstić information content (AvgIpc) is 3.36. The maximum atomic E-state index is 12.6. The number of halogens is 3. The van der Waals surface area contributed by atoms with Crippen molar-refractivity contribution in [2.45, 2.75) is 20.1 Å². The van der Waals surface area contributed by atoms with Crippen LogP contribution in [0.3, 0.4) is 0 Å².